The molecule has 0 bridgehead atoms. The average Bonchev–Trinajstić information content (AvgIpc) is 3.32. The summed E-state index contributed by atoms with van der Waals surface area (Å²) in [5.74, 6) is -1.40. The summed E-state index contributed by atoms with van der Waals surface area (Å²) in [6.45, 7) is 2.30. The van der Waals surface area contributed by atoms with Crippen LogP contribution in [0, 0.1) is 18.3 Å². The number of aromatic nitrogens is 2. The number of alkyl halides is 3. The van der Waals surface area contributed by atoms with Gasteiger partial charge in [-0.1, -0.05) is 11.2 Å². The molecule has 1 unspecified atom stereocenters. The second kappa shape index (κ2) is 9.05. The molecule has 8 nitrogen and oxygen atoms in total. The van der Waals surface area contributed by atoms with Gasteiger partial charge in [-0.25, -0.2) is 0 Å². The Kier molecular flexibility index (Phi) is 6.58. The van der Waals surface area contributed by atoms with E-state index in [1.807, 2.05) is 33.0 Å². The van der Waals surface area contributed by atoms with Crippen LogP contribution in [-0.4, -0.2) is 39.9 Å². The van der Waals surface area contributed by atoms with E-state index in [1.165, 1.54) is 12.1 Å². The number of ketones is 1. The molecule has 0 aliphatic carbocycles. The van der Waals surface area contributed by atoms with Crippen LogP contribution in [0.5, 0.6) is 0 Å². The highest BCUT2D eigenvalue weighted by Gasteiger charge is 2.39. The highest BCUT2D eigenvalue weighted by Crippen LogP contribution is 2.36. The molecule has 1 N–H and O–H groups in total. The van der Waals surface area contributed by atoms with Crippen molar-refractivity contribution in [2.24, 2.45) is 12.2 Å². The molecule has 1 aliphatic heterocycles. The molecule has 1 aromatic carbocycles. The van der Waals surface area contributed by atoms with Gasteiger partial charge in [0.05, 0.1) is 28.7 Å². The van der Waals surface area contributed by atoms with E-state index in [-0.39, 0.29) is 17.5 Å². The molecular weight excluding hydrogens is 439 g/mol. The van der Waals surface area contributed by atoms with Crippen molar-refractivity contribution < 1.29 is 27.6 Å². The SMILES string of the molecule is Cc1cc(C2(C)CC(c3ccc(C(=O)CCC(=O)NCC(F)(F)F)c(C#N)c3)=NO2)n(C)n1. The number of benzene rings is 1. The number of nitrogens with zero attached hydrogens (tertiary/aromatic N) is 4. The van der Waals surface area contributed by atoms with Crippen molar-refractivity contribution in [1.29, 1.82) is 5.26 Å². The van der Waals surface area contributed by atoms with Gasteiger partial charge in [0, 0.05) is 37.4 Å². The van der Waals surface area contributed by atoms with Gasteiger partial charge in [0.1, 0.15) is 6.54 Å². The van der Waals surface area contributed by atoms with E-state index in [4.69, 9.17) is 4.84 Å². The van der Waals surface area contributed by atoms with Crippen LogP contribution < -0.4 is 5.32 Å². The molecule has 1 aromatic heterocycles. The lowest BCUT2D eigenvalue weighted by Crippen LogP contribution is -2.33. The molecule has 1 atom stereocenters. The number of hydrogen-bond donors (Lipinski definition) is 1. The molecule has 0 fully saturated rings. The maximum atomic E-state index is 12.5. The first-order valence-electron chi connectivity index (χ1n) is 10.1. The zero-order chi connectivity index (χ0) is 24.4. The normalized spacial score (nSPS) is 17.8. The number of Topliss-reactive ketones (excluding diaryl/α,β-unsaturated/α-hetero) is 1. The van der Waals surface area contributed by atoms with E-state index in [0.717, 1.165) is 11.4 Å². The Labute approximate surface area is 188 Å². The topological polar surface area (TPSA) is 109 Å². The van der Waals surface area contributed by atoms with Crippen LogP contribution in [0.1, 0.15) is 59.1 Å². The second-order valence-corrected chi connectivity index (χ2v) is 8.02. The minimum atomic E-state index is -4.53. The number of carbonyl (C=O) groups is 2. The predicted octanol–water partition coefficient (Wildman–Crippen LogP) is 3.28. The summed E-state index contributed by atoms with van der Waals surface area (Å²) in [5, 5.41) is 19.7. The Balaban J connectivity index is 1.69. The molecule has 1 aliphatic rings. The molecule has 33 heavy (non-hydrogen) atoms. The molecule has 1 amide bonds. The average molecular weight is 461 g/mol. The molecule has 0 radical (unpaired) electrons. The maximum absolute atomic E-state index is 12.5. The van der Waals surface area contributed by atoms with Crippen LogP contribution in [0.15, 0.2) is 29.4 Å². The van der Waals surface area contributed by atoms with Crippen molar-refractivity contribution >= 4 is 17.4 Å². The number of rotatable bonds is 7. The van der Waals surface area contributed by atoms with Crippen LogP contribution in [0.3, 0.4) is 0 Å². The summed E-state index contributed by atoms with van der Waals surface area (Å²) in [4.78, 5) is 29.7. The largest absolute Gasteiger partial charge is 0.405 e. The molecule has 0 saturated carbocycles. The summed E-state index contributed by atoms with van der Waals surface area (Å²) in [7, 11) is 1.81. The number of halogens is 3. The predicted molar refractivity (Wildman–Crippen MR) is 111 cm³/mol. The number of carbonyl (C=O) groups excluding carboxylic acids is 2. The maximum Gasteiger partial charge on any atom is 0.405 e. The third kappa shape index (κ3) is 5.58. The summed E-state index contributed by atoms with van der Waals surface area (Å²) >= 11 is 0. The molecule has 174 valence electrons. The lowest BCUT2D eigenvalue weighted by atomic mass is 9.90. The van der Waals surface area contributed by atoms with E-state index < -0.39 is 36.4 Å². The van der Waals surface area contributed by atoms with E-state index in [1.54, 1.807) is 16.1 Å². The Morgan fingerprint density at radius 3 is 2.64 bits per heavy atom. The third-order valence-corrected chi connectivity index (χ3v) is 5.24. The zero-order valence-electron chi connectivity index (χ0n) is 18.3. The number of hydrogen-bond acceptors (Lipinski definition) is 6. The first-order valence-corrected chi connectivity index (χ1v) is 10.1. The Bertz CT molecular complexity index is 1160. The quantitative estimate of drug-likeness (QED) is 0.637. The first kappa shape index (κ1) is 24.0. The lowest BCUT2D eigenvalue weighted by molar-refractivity contribution is -0.138. The summed E-state index contributed by atoms with van der Waals surface area (Å²) in [5.41, 5.74) is 2.32. The Hall–Kier alpha value is -3.68. The molecule has 11 heteroatoms. The van der Waals surface area contributed by atoms with E-state index in [9.17, 15) is 28.0 Å². The van der Waals surface area contributed by atoms with Crippen molar-refractivity contribution in [2.75, 3.05) is 6.54 Å². The Morgan fingerprint density at radius 1 is 1.30 bits per heavy atom. The monoisotopic (exact) mass is 461 g/mol. The first-order chi connectivity index (χ1) is 15.4. The fourth-order valence-electron chi connectivity index (χ4n) is 3.65. The fraction of sp³-hybridized carbons (Fsp3) is 0.409. The summed E-state index contributed by atoms with van der Waals surface area (Å²) < 4.78 is 38.2. The standard InChI is InChI=1S/C22H22F3N5O3/c1-13-8-19(30(3)28-13)21(2)10-17(29-33-21)14-4-5-16(15(9-14)11-26)18(31)6-7-20(32)27-12-22(23,24)25/h4-5,8-9H,6-7,10,12H2,1-3H3,(H,27,32). The Morgan fingerprint density at radius 2 is 2.03 bits per heavy atom. The van der Waals surface area contributed by atoms with Crippen molar-refractivity contribution in [1.82, 2.24) is 15.1 Å². The van der Waals surface area contributed by atoms with Gasteiger partial charge in [0.15, 0.2) is 11.4 Å². The van der Waals surface area contributed by atoms with Crippen LogP contribution in [0.25, 0.3) is 0 Å². The van der Waals surface area contributed by atoms with Crippen molar-refractivity contribution in [3.05, 3.63) is 52.3 Å². The van der Waals surface area contributed by atoms with Gasteiger partial charge < -0.3 is 10.2 Å². The van der Waals surface area contributed by atoms with Crippen LogP contribution >= 0.6 is 0 Å². The van der Waals surface area contributed by atoms with Gasteiger partial charge in [0.25, 0.3) is 0 Å². The molecule has 2 aromatic rings. The number of amides is 1. The highest BCUT2D eigenvalue weighted by atomic mass is 19.4. The molecule has 0 saturated heterocycles. The molecular formula is C22H22F3N5O3. The van der Waals surface area contributed by atoms with Crippen LogP contribution in [0.2, 0.25) is 0 Å². The van der Waals surface area contributed by atoms with Crippen LogP contribution in [0.4, 0.5) is 13.2 Å². The number of aryl methyl sites for hydroxylation is 2. The van der Waals surface area contributed by atoms with Gasteiger partial charge in [-0.2, -0.15) is 23.5 Å². The number of nitriles is 1. The van der Waals surface area contributed by atoms with Gasteiger partial charge in [-0.3, -0.25) is 14.3 Å². The minimum Gasteiger partial charge on any atom is -0.382 e. The van der Waals surface area contributed by atoms with Crippen molar-refractivity contribution in [3.63, 3.8) is 0 Å². The van der Waals surface area contributed by atoms with Gasteiger partial charge in [-0.05, 0) is 32.0 Å². The third-order valence-electron chi connectivity index (χ3n) is 5.24. The van der Waals surface area contributed by atoms with Gasteiger partial charge >= 0.3 is 6.18 Å². The van der Waals surface area contributed by atoms with E-state index in [0.29, 0.717) is 17.7 Å². The molecule has 3 rings (SSSR count). The molecule has 2 heterocycles. The zero-order valence-corrected chi connectivity index (χ0v) is 18.3. The summed E-state index contributed by atoms with van der Waals surface area (Å²) in [6, 6.07) is 8.46. The van der Waals surface area contributed by atoms with Crippen molar-refractivity contribution in [2.45, 2.75) is 44.9 Å². The fourth-order valence-corrected chi connectivity index (χ4v) is 3.65. The van der Waals surface area contributed by atoms with Crippen LogP contribution in [-0.2, 0) is 22.3 Å². The number of nitrogens with one attached hydrogen (secondary N) is 1. The highest BCUT2D eigenvalue weighted by molar-refractivity contribution is 6.04. The lowest BCUT2D eigenvalue weighted by Gasteiger charge is -2.21. The number of oxime groups is 1. The summed E-state index contributed by atoms with van der Waals surface area (Å²) in [6.07, 6.45) is -4.84. The molecule has 0 spiro atoms. The minimum absolute atomic E-state index is 0.0841. The second-order valence-electron chi connectivity index (χ2n) is 8.02. The van der Waals surface area contributed by atoms with E-state index in [2.05, 4.69) is 10.3 Å². The van der Waals surface area contributed by atoms with E-state index >= 15 is 0 Å². The van der Waals surface area contributed by atoms with Crippen molar-refractivity contribution in [3.8, 4) is 6.07 Å². The smallest absolute Gasteiger partial charge is 0.382 e. The van der Waals surface area contributed by atoms with Gasteiger partial charge in [0.2, 0.25) is 5.91 Å². The van der Waals surface area contributed by atoms with Gasteiger partial charge in [-0.15, -0.1) is 0 Å².